The van der Waals surface area contributed by atoms with Crippen molar-refractivity contribution in [2.45, 2.75) is 26.2 Å². The lowest BCUT2D eigenvalue weighted by Crippen LogP contribution is -2.15. The largest absolute Gasteiger partial charge is 0.469 e. The van der Waals surface area contributed by atoms with Gasteiger partial charge in [0.15, 0.2) is 0 Å². The van der Waals surface area contributed by atoms with Crippen molar-refractivity contribution >= 4 is 5.97 Å². The molecule has 11 heavy (non-hydrogen) atoms. The van der Waals surface area contributed by atoms with Crippen molar-refractivity contribution in [2.24, 2.45) is 5.92 Å². The molecule has 0 heterocycles. The first kappa shape index (κ1) is 10.0. The third-order valence-electron chi connectivity index (χ3n) is 1.54. The van der Waals surface area contributed by atoms with Crippen LogP contribution in [0.3, 0.4) is 0 Å². The standard InChI is InChI=1S/C9H14O2/c1-4-6-8(7-5-2)9(10)11-3/h1,8H,5-7H2,2-3H3. The Kier molecular flexibility index (Phi) is 5.28. The Hall–Kier alpha value is -0.970. The van der Waals surface area contributed by atoms with Gasteiger partial charge in [-0.25, -0.2) is 0 Å². The Morgan fingerprint density at radius 1 is 1.73 bits per heavy atom. The molecule has 0 radical (unpaired) electrons. The SMILES string of the molecule is C#CCC(CCC)C(=O)OC. The highest BCUT2D eigenvalue weighted by atomic mass is 16.5. The number of carbonyl (C=O) groups is 1. The minimum atomic E-state index is -0.190. The first-order valence-electron chi connectivity index (χ1n) is 3.77. The summed E-state index contributed by atoms with van der Waals surface area (Å²) >= 11 is 0. The lowest BCUT2D eigenvalue weighted by atomic mass is 10.0. The zero-order chi connectivity index (χ0) is 8.69. The lowest BCUT2D eigenvalue weighted by molar-refractivity contribution is -0.145. The van der Waals surface area contributed by atoms with Crippen LogP contribution in [0, 0.1) is 18.3 Å². The van der Waals surface area contributed by atoms with Crippen LogP contribution >= 0.6 is 0 Å². The van der Waals surface area contributed by atoms with Crippen molar-refractivity contribution in [2.75, 3.05) is 7.11 Å². The van der Waals surface area contributed by atoms with Crippen LogP contribution in [-0.2, 0) is 9.53 Å². The summed E-state index contributed by atoms with van der Waals surface area (Å²) < 4.78 is 4.58. The summed E-state index contributed by atoms with van der Waals surface area (Å²) in [6.07, 6.45) is 7.36. The van der Waals surface area contributed by atoms with Crippen LogP contribution in [0.4, 0.5) is 0 Å². The number of methoxy groups -OCH3 is 1. The summed E-state index contributed by atoms with van der Waals surface area (Å²) in [5, 5.41) is 0. The zero-order valence-electron chi connectivity index (χ0n) is 7.09. The second kappa shape index (κ2) is 5.79. The van der Waals surface area contributed by atoms with E-state index in [0.717, 1.165) is 12.8 Å². The summed E-state index contributed by atoms with van der Waals surface area (Å²) in [6.45, 7) is 2.02. The third-order valence-corrected chi connectivity index (χ3v) is 1.54. The van der Waals surface area contributed by atoms with Crippen LogP contribution in [0.5, 0.6) is 0 Å². The van der Waals surface area contributed by atoms with Gasteiger partial charge in [0.05, 0.1) is 13.0 Å². The van der Waals surface area contributed by atoms with Crippen LogP contribution in [0.25, 0.3) is 0 Å². The number of esters is 1. The van der Waals surface area contributed by atoms with Crippen LogP contribution in [0.1, 0.15) is 26.2 Å². The van der Waals surface area contributed by atoms with Gasteiger partial charge in [-0.1, -0.05) is 13.3 Å². The van der Waals surface area contributed by atoms with Crippen LogP contribution in [0.15, 0.2) is 0 Å². The molecule has 0 aromatic carbocycles. The maximum atomic E-state index is 11.0. The second-order valence-corrected chi connectivity index (χ2v) is 2.42. The lowest BCUT2D eigenvalue weighted by Gasteiger charge is -2.09. The van der Waals surface area contributed by atoms with Gasteiger partial charge < -0.3 is 4.74 Å². The molecule has 0 aliphatic rings. The van der Waals surface area contributed by atoms with E-state index < -0.39 is 0 Å². The summed E-state index contributed by atoms with van der Waals surface area (Å²) in [7, 11) is 1.39. The summed E-state index contributed by atoms with van der Waals surface area (Å²) in [5.74, 6) is 2.18. The third kappa shape index (κ3) is 3.67. The van der Waals surface area contributed by atoms with E-state index in [2.05, 4.69) is 10.7 Å². The van der Waals surface area contributed by atoms with Gasteiger partial charge in [0, 0.05) is 6.42 Å². The smallest absolute Gasteiger partial charge is 0.309 e. The topological polar surface area (TPSA) is 26.3 Å². The molecule has 0 rings (SSSR count). The van der Waals surface area contributed by atoms with Crippen molar-refractivity contribution in [1.82, 2.24) is 0 Å². The van der Waals surface area contributed by atoms with Crippen molar-refractivity contribution in [3.8, 4) is 12.3 Å². The Morgan fingerprint density at radius 3 is 2.73 bits per heavy atom. The van der Waals surface area contributed by atoms with Gasteiger partial charge in [-0.05, 0) is 6.42 Å². The molecule has 0 saturated heterocycles. The van der Waals surface area contributed by atoms with Crippen molar-refractivity contribution in [1.29, 1.82) is 0 Å². The molecule has 1 unspecified atom stereocenters. The Labute approximate surface area is 67.9 Å². The molecule has 0 fully saturated rings. The van der Waals surface area contributed by atoms with Gasteiger partial charge in [-0.2, -0.15) is 0 Å². The molecule has 0 bridgehead atoms. The molecule has 2 nitrogen and oxygen atoms in total. The van der Waals surface area contributed by atoms with Gasteiger partial charge >= 0.3 is 5.97 Å². The highest BCUT2D eigenvalue weighted by molar-refractivity contribution is 5.72. The molecule has 0 aliphatic heterocycles. The number of hydrogen-bond donors (Lipinski definition) is 0. The molecule has 0 N–H and O–H groups in total. The van der Waals surface area contributed by atoms with Crippen LogP contribution < -0.4 is 0 Å². The minimum Gasteiger partial charge on any atom is -0.469 e. The van der Waals surface area contributed by atoms with Gasteiger partial charge in [-0.15, -0.1) is 12.3 Å². The maximum Gasteiger partial charge on any atom is 0.309 e. The monoisotopic (exact) mass is 154 g/mol. The fourth-order valence-electron chi connectivity index (χ4n) is 0.961. The van der Waals surface area contributed by atoms with Crippen molar-refractivity contribution in [3.63, 3.8) is 0 Å². The Bertz CT molecular complexity index is 155. The van der Waals surface area contributed by atoms with E-state index in [1.165, 1.54) is 7.11 Å². The zero-order valence-corrected chi connectivity index (χ0v) is 7.09. The first-order valence-corrected chi connectivity index (χ1v) is 3.77. The number of hydrogen-bond acceptors (Lipinski definition) is 2. The van der Waals surface area contributed by atoms with E-state index in [4.69, 9.17) is 6.42 Å². The van der Waals surface area contributed by atoms with E-state index in [1.54, 1.807) is 0 Å². The molecule has 0 aliphatic carbocycles. The molecule has 2 heteroatoms. The van der Waals surface area contributed by atoms with E-state index in [0.29, 0.717) is 6.42 Å². The highest BCUT2D eigenvalue weighted by Gasteiger charge is 2.15. The van der Waals surface area contributed by atoms with Gasteiger partial charge in [0.25, 0.3) is 0 Å². The highest BCUT2D eigenvalue weighted by Crippen LogP contribution is 2.11. The first-order chi connectivity index (χ1) is 5.26. The number of ether oxygens (including phenoxy) is 1. The van der Waals surface area contributed by atoms with E-state index in [9.17, 15) is 4.79 Å². The fraction of sp³-hybridized carbons (Fsp3) is 0.667. The molecule has 0 saturated carbocycles. The molecule has 0 aromatic heterocycles. The Morgan fingerprint density at radius 2 is 2.36 bits per heavy atom. The average Bonchev–Trinajstić information content (AvgIpc) is 2.03. The maximum absolute atomic E-state index is 11.0. The predicted octanol–water partition coefficient (Wildman–Crippen LogP) is 1.60. The van der Waals surface area contributed by atoms with E-state index in [-0.39, 0.29) is 11.9 Å². The summed E-state index contributed by atoms with van der Waals surface area (Å²) in [6, 6.07) is 0. The van der Waals surface area contributed by atoms with Gasteiger partial charge in [-0.3, -0.25) is 4.79 Å². The Balaban J connectivity index is 3.89. The number of terminal acetylenes is 1. The van der Waals surface area contributed by atoms with E-state index in [1.807, 2.05) is 6.92 Å². The molecule has 62 valence electrons. The van der Waals surface area contributed by atoms with Crippen LogP contribution in [0.2, 0.25) is 0 Å². The summed E-state index contributed by atoms with van der Waals surface area (Å²) in [5.41, 5.74) is 0. The molecule has 0 aromatic rings. The normalized spacial score (nSPS) is 11.7. The molecular weight excluding hydrogens is 140 g/mol. The van der Waals surface area contributed by atoms with Gasteiger partial charge in [0.1, 0.15) is 0 Å². The minimum absolute atomic E-state index is 0.102. The molecule has 0 amide bonds. The fourth-order valence-corrected chi connectivity index (χ4v) is 0.961. The van der Waals surface area contributed by atoms with E-state index >= 15 is 0 Å². The summed E-state index contributed by atoms with van der Waals surface area (Å²) in [4.78, 5) is 11.0. The number of carbonyl (C=O) groups excluding carboxylic acids is 1. The quantitative estimate of drug-likeness (QED) is 0.454. The van der Waals surface area contributed by atoms with Gasteiger partial charge in [0.2, 0.25) is 0 Å². The predicted molar refractivity (Wildman–Crippen MR) is 43.9 cm³/mol. The molecule has 1 atom stereocenters. The van der Waals surface area contributed by atoms with Crippen molar-refractivity contribution in [3.05, 3.63) is 0 Å². The number of rotatable bonds is 4. The second-order valence-electron chi connectivity index (χ2n) is 2.42. The average molecular weight is 154 g/mol. The molecular formula is C9H14O2. The molecule has 0 spiro atoms. The van der Waals surface area contributed by atoms with Crippen molar-refractivity contribution < 1.29 is 9.53 Å². The van der Waals surface area contributed by atoms with Crippen LogP contribution in [-0.4, -0.2) is 13.1 Å².